The zero-order chi connectivity index (χ0) is 11.1. The van der Waals surface area contributed by atoms with Gasteiger partial charge in [0.05, 0.1) is 6.10 Å². The molecule has 0 bridgehead atoms. The highest BCUT2D eigenvalue weighted by atomic mass is 31.0. The number of ether oxygens (including phenoxy) is 1. The van der Waals surface area contributed by atoms with Gasteiger partial charge in [0.25, 0.3) is 0 Å². The Morgan fingerprint density at radius 2 is 1.79 bits per heavy atom. The highest BCUT2D eigenvalue weighted by Crippen LogP contribution is 2.17. The molecule has 2 heteroatoms. The van der Waals surface area contributed by atoms with E-state index in [0.29, 0.717) is 0 Å². The van der Waals surface area contributed by atoms with E-state index in [1.165, 1.54) is 10.9 Å². The van der Waals surface area contributed by atoms with Crippen molar-refractivity contribution >= 4 is 14.5 Å². The van der Waals surface area contributed by atoms with Crippen LogP contribution in [-0.2, 0) is 0 Å². The minimum atomic E-state index is 0.246. The molecule has 0 aromatic heterocycles. The Labute approximate surface area is 90.1 Å². The van der Waals surface area contributed by atoms with E-state index in [1.807, 2.05) is 39.8 Å². The first-order chi connectivity index (χ1) is 6.61. The molecule has 0 aliphatic carbocycles. The molecule has 0 aliphatic rings. The zero-order valence-corrected chi connectivity index (χ0v) is 10.9. The second-order valence-corrected chi connectivity index (χ2v) is 3.76. The molecule has 1 rings (SSSR count). The van der Waals surface area contributed by atoms with Crippen LogP contribution in [0.15, 0.2) is 18.2 Å². The number of rotatable bonds is 2. The molecule has 0 aliphatic heterocycles. The third-order valence-corrected chi connectivity index (χ3v) is 2.31. The fourth-order valence-corrected chi connectivity index (χ4v) is 1.27. The molecule has 1 unspecified atom stereocenters. The van der Waals surface area contributed by atoms with Gasteiger partial charge in [-0.05, 0) is 37.7 Å². The van der Waals surface area contributed by atoms with Crippen molar-refractivity contribution in [2.45, 2.75) is 40.7 Å². The molecule has 1 aromatic carbocycles. The summed E-state index contributed by atoms with van der Waals surface area (Å²) in [6.45, 7) is 10.1. The molecular weight excluding hydrogens is 191 g/mol. The maximum Gasteiger partial charge on any atom is 0.123 e. The molecule has 0 spiro atoms. The Morgan fingerprint density at radius 3 is 2.29 bits per heavy atom. The molecule has 1 aromatic rings. The first-order valence-corrected chi connectivity index (χ1v) is 5.70. The van der Waals surface area contributed by atoms with E-state index in [0.717, 1.165) is 5.75 Å². The van der Waals surface area contributed by atoms with Crippen molar-refractivity contribution in [2.75, 3.05) is 0 Å². The fourth-order valence-electron chi connectivity index (χ4n) is 1.01. The van der Waals surface area contributed by atoms with Crippen LogP contribution >= 0.6 is 9.24 Å². The van der Waals surface area contributed by atoms with E-state index in [9.17, 15) is 0 Å². The second-order valence-electron chi connectivity index (χ2n) is 3.14. The van der Waals surface area contributed by atoms with Gasteiger partial charge < -0.3 is 4.74 Å². The van der Waals surface area contributed by atoms with E-state index in [2.05, 4.69) is 22.2 Å². The lowest BCUT2D eigenvalue weighted by Crippen LogP contribution is -2.09. The Morgan fingerprint density at radius 1 is 1.21 bits per heavy atom. The Hall–Kier alpha value is -0.550. The Kier molecular flexibility index (Phi) is 6.57. The minimum Gasteiger partial charge on any atom is -0.491 e. The van der Waals surface area contributed by atoms with Crippen LogP contribution in [0.4, 0.5) is 0 Å². The lowest BCUT2D eigenvalue weighted by atomic mass is 10.2. The van der Waals surface area contributed by atoms with Crippen molar-refractivity contribution in [2.24, 2.45) is 0 Å². The van der Waals surface area contributed by atoms with E-state index >= 15 is 0 Å². The molecular formula is C12H21OP. The van der Waals surface area contributed by atoms with Crippen LogP contribution < -0.4 is 10.0 Å². The first kappa shape index (κ1) is 13.4. The van der Waals surface area contributed by atoms with Gasteiger partial charge in [0, 0.05) is 0 Å². The zero-order valence-electron chi connectivity index (χ0n) is 9.79. The van der Waals surface area contributed by atoms with E-state index in [-0.39, 0.29) is 6.10 Å². The maximum atomic E-state index is 5.61. The number of hydrogen-bond acceptors (Lipinski definition) is 1. The van der Waals surface area contributed by atoms with Crippen molar-refractivity contribution in [3.05, 3.63) is 23.8 Å². The van der Waals surface area contributed by atoms with Crippen LogP contribution in [0.5, 0.6) is 5.75 Å². The highest BCUT2D eigenvalue weighted by Gasteiger charge is 2.02. The second kappa shape index (κ2) is 6.84. The molecule has 0 fully saturated rings. The fraction of sp³-hybridized carbons (Fsp3) is 0.500. The molecule has 0 N–H and O–H groups in total. The predicted octanol–water partition coefficient (Wildman–Crippen LogP) is 3.31. The van der Waals surface area contributed by atoms with Gasteiger partial charge in [-0.25, -0.2) is 0 Å². The smallest absolute Gasteiger partial charge is 0.123 e. The van der Waals surface area contributed by atoms with E-state index in [1.54, 1.807) is 0 Å². The van der Waals surface area contributed by atoms with Crippen molar-refractivity contribution in [1.29, 1.82) is 0 Å². The molecule has 0 saturated carbocycles. The van der Waals surface area contributed by atoms with Gasteiger partial charge in [-0.2, -0.15) is 0 Å². The van der Waals surface area contributed by atoms with Gasteiger partial charge >= 0.3 is 0 Å². The summed E-state index contributed by atoms with van der Waals surface area (Å²) in [5.41, 5.74) is 1.20. The van der Waals surface area contributed by atoms with Crippen LogP contribution in [-0.4, -0.2) is 6.10 Å². The SMILES string of the molecule is CC.Cc1c(P)cccc1OC(C)C. The molecule has 14 heavy (non-hydrogen) atoms. The van der Waals surface area contributed by atoms with Crippen LogP contribution in [0.1, 0.15) is 33.3 Å². The molecule has 0 amide bonds. The quantitative estimate of drug-likeness (QED) is 0.683. The van der Waals surface area contributed by atoms with Crippen molar-refractivity contribution in [3.63, 3.8) is 0 Å². The highest BCUT2D eigenvalue weighted by molar-refractivity contribution is 7.27. The average Bonchev–Trinajstić information content (AvgIpc) is 2.16. The molecule has 0 saturated heterocycles. The summed E-state index contributed by atoms with van der Waals surface area (Å²) in [5.74, 6) is 0.984. The van der Waals surface area contributed by atoms with Crippen molar-refractivity contribution in [3.8, 4) is 5.75 Å². The van der Waals surface area contributed by atoms with Gasteiger partial charge in [-0.3, -0.25) is 0 Å². The Bertz CT molecular complexity index is 269. The first-order valence-electron chi connectivity index (χ1n) is 5.13. The molecule has 1 nitrogen and oxygen atoms in total. The monoisotopic (exact) mass is 212 g/mol. The maximum absolute atomic E-state index is 5.61. The summed E-state index contributed by atoms with van der Waals surface area (Å²) in [4.78, 5) is 0. The van der Waals surface area contributed by atoms with Gasteiger partial charge in [-0.1, -0.05) is 26.0 Å². The summed E-state index contributed by atoms with van der Waals surface area (Å²) in [5, 5.41) is 1.20. The summed E-state index contributed by atoms with van der Waals surface area (Å²) in [6.07, 6.45) is 0.246. The molecule has 80 valence electrons. The lowest BCUT2D eigenvalue weighted by molar-refractivity contribution is 0.241. The van der Waals surface area contributed by atoms with E-state index < -0.39 is 0 Å². The third kappa shape index (κ3) is 4.11. The third-order valence-electron chi connectivity index (χ3n) is 1.69. The molecule has 1 atom stereocenters. The van der Waals surface area contributed by atoms with Gasteiger partial charge in [-0.15, -0.1) is 9.24 Å². The Balaban J connectivity index is 0.000000791. The largest absolute Gasteiger partial charge is 0.491 e. The standard InChI is InChI=1S/C10H15OP.C2H6/c1-7(2)11-9-5-4-6-10(12)8(9)3;1-2/h4-7H,12H2,1-3H3;1-2H3. The van der Waals surface area contributed by atoms with Crippen molar-refractivity contribution < 1.29 is 4.74 Å². The van der Waals surface area contributed by atoms with Crippen LogP contribution in [0, 0.1) is 6.92 Å². The van der Waals surface area contributed by atoms with E-state index in [4.69, 9.17) is 4.74 Å². The van der Waals surface area contributed by atoms with Gasteiger partial charge in [0.1, 0.15) is 5.75 Å². The summed E-state index contributed by atoms with van der Waals surface area (Å²) >= 11 is 0. The minimum absolute atomic E-state index is 0.246. The van der Waals surface area contributed by atoms with Crippen molar-refractivity contribution in [1.82, 2.24) is 0 Å². The van der Waals surface area contributed by atoms with Gasteiger partial charge in [0.2, 0.25) is 0 Å². The normalized spacial score (nSPS) is 9.36. The topological polar surface area (TPSA) is 9.23 Å². The molecule has 0 radical (unpaired) electrons. The predicted molar refractivity (Wildman–Crippen MR) is 67.6 cm³/mol. The lowest BCUT2D eigenvalue weighted by Gasteiger charge is -2.13. The summed E-state index contributed by atoms with van der Waals surface area (Å²) in [6, 6.07) is 6.07. The average molecular weight is 212 g/mol. The van der Waals surface area contributed by atoms with Gasteiger partial charge in [0.15, 0.2) is 0 Å². The number of hydrogen-bond donors (Lipinski definition) is 0. The summed E-state index contributed by atoms with van der Waals surface area (Å²) < 4.78 is 5.61. The van der Waals surface area contributed by atoms with Crippen LogP contribution in [0.2, 0.25) is 0 Å². The van der Waals surface area contributed by atoms with Crippen LogP contribution in [0.3, 0.4) is 0 Å². The number of benzene rings is 1. The summed E-state index contributed by atoms with van der Waals surface area (Å²) in [7, 11) is 2.70. The van der Waals surface area contributed by atoms with Crippen LogP contribution in [0.25, 0.3) is 0 Å². The molecule has 0 heterocycles.